The van der Waals surface area contributed by atoms with Crippen molar-refractivity contribution in [3.8, 4) is 0 Å². The van der Waals surface area contributed by atoms with Crippen LogP contribution in [0.5, 0.6) is 0 Å². The zero-order chi connectivity index (χ0) is 17.1. The highest BCUT2D eigenvalue weighted by Gasteiger charge is 2.18. The number of benzene rings is 2. The average molecular weight is 397 g/mol. The highest BCUT2D eigenvalue weighted by Crippen LogP contribution is 2.40. The Morgan fingerprint density at radius 2 is 1.20 bits per heavy atom. The molecule has 4 rings (SSSR count). The molecule has 4 aromatic rings. The molecule has 0 unspecified atom stereocenters. The number of rotatable bonds is 5. The minimum atomic E-state index is -0.486. The van der Waals surface area contributed by atoms with Crippen LogP contribution < -0.4 is 15.2 Å². The van der Waals surface area contributed by atoms with Gasteiger partial charge in [-0.05, 0) is 49.7 Å². The van der Waals surface area contributed by atoms with E-state index in [0.29, 0.717) is 0 Å². The lowest BCUT2D eigenvalue weighted by Crippen LogP contribution is -2.18. The lowest BCUT2D eigenvalue weighted by molar-refractivity contribution is 1.62. The van der Waals surface area contributed by atoms with Gasteiger partial charge in [-0.1, -0.05) is 72.4 Å². The van der Waals surface area contributed by atoms with E-state index in [0.717, 1.165) is 0 Å². The second-order valence-electron chi connectivity index (χ2n) is 5.57. The summed E-state index contributed by atoms with van der Waals surface area (Å²) >= 11 is 5.69. The number of hydrogen-bond donors (Lipinski definition) is 0. The van der Waals surface area contributed by atoms with Gasteiger partial charge in [-0.2, -0.15) is 0 Å². The van der Waals surface area contributed by atoms with Crippen molar-refractivity contribution in [1.82, 2.24) is 0 Å². The second kappa shape index (κ2) is 7.88. The number of hydrogen-bond acceptors (Lipinski definition) is 3. The Labute approximate surface area is 162 Å². The first-order chi connectivity index (χ1) is 12.3. The molecule has 0 radical (unpaired) electrons. The van der Waals surface area contributed by atoms with Crippen molar-refractivity contribution < 1.29 is 0 Å². The van der Waals surface area contributed by atoms with Gasteiger partial charge in [-0.3, -0.25) is 0 Å². The van der Waals surface area contributed by atoms with Gasteiger partial charge in [0.1, 0.15) is 0 Å². The molecule has 2 aromatic carbocycles. The summed E-state index contributed by atoms with van der Waals surface area (Å²) in [6.45, 7) is 2.17. The summed E-state index contributed by atoms with van der Waals surface area (Å²) in [5, 5.41) is 2.82. The topological polar surface area (TPSA) is 0 Å². The van der Waals surface area contributed by atoms with Crippen molar-refractivity contribution in [1.29, 1.82) is 0 Å². The molecule has 0 bridgehead atoms. The van der Waals surface area contributed by atoms with E-state index < -0.39 is 7.92 Å². The standard InChI is InChI=1S/C21H17PS3/c1-16-12-14-20(23-16)25-21-15-13-19(24-21)22(17-8-4-2-5-9-17)18-10-6-3-7-11-18/h2-15H,1H3. The summed E-state index contributed by atoms with van der Waals surface area (Å²) in [6, 6.07) is 30.8. The maximum absolute atomic E-state index is 2.32. The van der Waals surface area contributed by atoms with E-state index in [9.17, 15) is 0 Å². The smallest absolute Gasteiger partial charge is 0.0661 e. The van der Waals surface area contributed by atoms with Crippen molar-refractivity contribution in [2.75, 3.05) is 0 Å². The predicted octanol–water partition coefficient (Wildman–Crippen LogP) is 6.03. The van der Waals surface area contributed by atoms with Gasteiger partial charge in [0.2, 0.25) is 0 Å². The summed E-state index contributed by atoms with van der Waals surface area (Å²) in [4.78, 5) is 1.37. The van der Waals surface area contributed by atoms with Crippen LogP contribution in [0.15, 0.2) is 93.3 Å². The van der Waals surface area contributed by atoms with Crippen LogP contribution in [-0.2, 0) is 0 Å². The lowest BCUT2D eigenvalue weighted by Gasteiger charge is -2.17. The number of aryl methyl sites for hydroxylation is 1. The van der Waals surface area contributed by atoms with Crippen LogP contribution in [0.1, 0.15) is 4.88 Å². The Bertz CT molecular complexity index is 902. The molecular formula is C21H17PS3. The molecule has 0 aliphatic heterocycles. The molecule has 4 heteroatoms. The molecule has 2 heterocycles. The van der Waals surface area contributed by atoms with Crippen LogP contribution in [-0.4, -0.2) is 0 Å². The van der Waals surface area contributed by atoms with Crippen LogP contribution in [0, 0.1) is 6.92 Å². The Hall–Kier alpha value is -1.38. The molecule has 0 N–H and O–H groups in total. The molecular weight excluding hydrogens is 379 g/mol. The molecule has 0 saturated carbocycles. The van der Waals surface area contributed by atoms with Crippen molar-refractivity contribution in [2.45, 2.75) is 15.3 Å². The van der Waals surface area contributed by atoms with Gasteiger partial charge in [0.25, 0.3) is 0 Å². The Kier molecular flexibility index (Phi) is 5.38. The predicted molar refractivity (Wildman–Crippen MR) is 116 cm³/mol. The summed E-state index contributed by atoms with van der Waals surface area (Å²) in [7, 11) is -0.486. The maximum atomic E-state index is 2.32. The second-order valence-corrected chi connectivity index (χ2v) is 12.0. The molecule has 25 heavy (non-hydrogen) atoms. The average Bonchev–Trinajstić information content (AvgIpc) is 3.27. The third-order valence-electron chi connectivity index (χ3n) is 3.73. The first-order valence-electron chi connectivity index (χ1n) is 8.04. The van der Waals surface area contributed by atoms with E-state index in [4.69, 9.17) is 0 Å². The molecule has 0 amide bonds. The van der Waals surface area contributed by atoms with Crippen LogP contribution in [0.25, 0.3) is 0 Å². The van der Waals surface area contributed by atoms with Gasteiger partial charge in [-0.15, -0.1) is 22.7 Å². The van der Waals surface area contributed by atoms with Gasteiger partial charge in [-0.25, -0.2) is 0 Å². The Morgan fingerprint density at radius 1 is 0.640 bits per heavy atom. The third kappa shape index (κ3) is 4.07. The van der Waals surface area contributed by atoms with Crippen molar-refractivity contribution in [3.63, 3.8) is 0 Å². The Balaban J connectivity index is 1.68. The van der Waals surface area contributed by atoms with Crippen LogP contribution in [0.2, 0.25) is 0 Å². The van der Waals surface area contributed by atoms with Crippen molar-refractivity contribution in [3.05, 3.63) is 89.8 Å². The zero-order valence-corrected chi connectivity index (χ0v) is 17.1. The molecule has 0 aliphatic rings. The van der Waals surface area contributed by atoms with Crippen LogP contribution in [0.3, 0.4) is 0 Å². The van der Waals surface area contributed by atoms with E-state index in [1.807, 2.05) is 34.4 Å². The summed E-state index contributed by atoms with van der Waals surface area (Å²) in [6.07, 6.45) is 0. The maximum Gasteiger partial charge on any atom is 0.0661 e. The highest BCUT2D eigenvalue weighted by molar-refractivity contribution is 8.03. The van der Waals surface area contributed by atoms with E-state index in [2.05, 4.69) is 91.9 Å². The first kappa shape index (κ1) is 17.1. The lowest BCUT2D eigenvalue weighted by atomic mass is 10.4. The van der Waals surface area contributed by atoms with E-state index in [1.54, 1.807) is 0 Å². The molecule has 2 aromatic heterocycles. The SMILES string of the molecule is Cc1ccc(Sc2ccc(P(c3ccccc3)c3ccccc3)s2)s1. The quantitative estimate of drug-likeness (QED) is 0.371. The molecule has 0 atom stereocenters. The highest BCUT2D eigenvalue weighted by atomic mass is 32.2. The van der Waals surface area contributed by atoms with Gasteiger partial charge < -0.3 is 0 Å². The Morgan fingerprint density at radius 3 is 1.76 bits per heavy atom. The van der Waals surface area contributed by atoms with Gasteiger partial charge in [0, 0.05) is 9.50 Å². The fraction of sp³-hybridized carbons (Fsp3) is 0.0476. The molecule has 0 nitrogen and oxygen atoms in total. The van der Waals surface area contributed by atoms with Gasteiger partial charge in [0.05, 0.1) is 8.42 Å². The molecule has 0 fully saturated rings. The van der Waals surface area contributed by atoms with E-state index in [-0.39, 0.29) is 0 Å². The third-order valence-corrected chi connectivity index (χ3v) is 9.93. The summed E-state index contributed by atoms with van der Waals surface area (Å²) in [5.74, 6) is 0. The normalized spacial score (nSPS) is 11.1. The molecule has 0 aliphatic carbocycles. The summed E-state index contributed by atoms with van der Waals surface area (Å²) in [5.41, 5.74) is 0. The largest absolute Gasteiger partial charge is 0.134 e. The van der Waals surface area contributed by atoms with Gasteiger partial charge >= 0.3 is 0 Å². The van der Waals surface area contributed by atoms with Crippen molar-refractivity contribution >= 4 is 57.6 Å². The first-order valence-corrected chi connectivity index (χ1v) is 11.8. The fourth-order valence-corrected chi connectivity index (χ4v) is 9.29. The monoisotopic (exact) mass is 396 g/mol. The fourth-order valence-electron chi connectivity index (χ4n) is 2.61. The number of thiophene rings is 2. The minimum absolute atomic E-state index is 0.486. The zero-order valence-electron chi connectivity index (χ0n) is 13.8. The molecule has 124 valence electrons. The van der Waals surface area contributed by atoms with Gasteiger partial charge in [0.15, 0.2) is 0 Å². The van der Waals surface area contributed by atoms with Crippen LogP contribution in [0.4, 0.5) is 0 Å². The van der Waals surface area contributed by atoms with E-state index in [1.165, 1.54) is 28.5 Å². The molecule has 0 spiro atoms. The minimum Gasteiger partial charge on any atom is -0.134 e. The van der Waals surface area contributed by atoms with E-state index >= 15 is 0 Å². The van der Waals surface area contributed by atoms with Crippen LogP contribution >= 0.6 is 42.4 Å². The molecule has 0 saturated heterocycles. The van der Waals surface area contributed by atoms with Crippen molar-refractivity contribution in [2.24, 2.45) is 0 Å². The summed E-state index contributed by atoms with van der Waals surface area (Å²) < 4.78 is 4.20.